The number of hydrogen-bond acceptors (Lipinski definition) is 5. The zero-order valence-electron chi connectivity index (χ0n) is 12.9. The number of aromatic nitrogens is 1. The van der Waals surface area contributed by atoms with E-state index in [1.165, 1.54) is 24.3 Å². The minimum absolute atomic E-state index is 0.353. The molecule has 0 amide bonds. The van der Waals surface area contributed by atoms with Crippen LogP contribution in [-0.2, 0) is 0 Å². The molecule has 1 saturated heterocycles. The molecule has 2 heterocycles. The van der Waals surface area contributed by atoms with Crippen LogP contribution in [0.1, 0.15) is 48.0 Å². The van der Waals surface area contributed by atoms with Crippen molar-refractivity contribution in [3.8, 4) is 0 Å². The van der Waals surface area contributed by atoms with Crippen molar-refractivity contribution in [3.63, 3.8) is 0 Å². The van der Waals surface area contributed by atoms with Gasteiger partial charge in [-0.3, -0.25) is 4.79 Å². The number of carbonyl (C=O) groups excluding carboxylic acids is 1. The Morgan fingerprint density at radius 1 is 1.60 bits per heavy atom. The smallest absolute Gasteiger partial charge is 0.185 e. The fourth-order valence-corrected chi connectivity index (χ4v) is 3.74. The third-order valence-corrected chi connectivity index (χ3v) is 5.31. The second kappa shape index (κ2) is 6.68. The summed E-state index contributed by atoms with van der Waals surface area (Å²) < 4.78 is 0. The van der Waals surface area contributed by atoms with Gasteiger partial charge in [0.25, 0.3) is 0 Å². The van der Waals surface area contributed by atoms with Gasteiger partial charge in [-0.15, -0.1) is 0 Å². The van der Waals surface area contributed by atoms with Crippen molar-refractivity contribution >= 4 is 22.8 Å². The lowest BCUT2D eigenvalue weighted by atomic mass is 10.0. The number of carbonyl (C=O) groups is 1. The average Bonchev–Trinajstić information content (AvgIpc) is 3.04. The molecule has 0 radical (unpaired) electrons. The van der Waals surface area contributed by atoms with Gasteiger partial charge in [0.1, 0.15) is 0 Å². The molecule has 0 aliphatic carbocycles. The zero-order valence-corrected chi connectivity index (χ0v) is 13.7. The average molecular weight is 295 g/mol. The Labute approximate surface area is 125 Å². The number of aldehydes is 1. The summed E-state index contributed by atoms with van der Waals surface area (Å²) in [5.74, 6) is 1.06. The minimum atomic E-state index is 0.353. The highest BCUT2D eigenvalue weighted by Crippen LogP contribution is 2.31. The molecule has 4 nitrogen and oxygen atoms in total. The lowest BCUT2D eigenvalue weighted by Crippen LogP contribution is -2.27. The summed E-state index contributed by atoms with van der Waals surface area (Å²) in [6.07, 6.45) is 3.23. The highest BCUT2D eigenvalue weighted by Gasteiger charge is 2.23. The number of likely N-dealkylation sites (tertiary alicyclic amines) is 1. The summed E-state index contributed by atoms with van der Waals surface area (Å²) in [7, 11) is 4.26. The molecule has 112 valence electrons. The van der Waals surface area contributed by atoms with E-state index in [0.717, 1.165) is 41.5 Å². The van der Waals surface area contributed by atoms with Crippen LogP contribution in [0.3, 0.4) is 0 Å². The summed E-state index contributed by atoms with van der Waals surface area (Å²) >= 11 is 1.53. The van der Waals surface area contributed by atoms with Gasteiger partial charge in [0.2, 0.25) is 0 Å². The van der Waals surface area contributed by atoms with Crippen LogP contribution in [0.25, 0.3) is 0 Å². The van der Waals surface area contributed by atoms with Crippen molar-refractivity contribution in [2.45, 2.75) is 32.6 Å². The molecule has 0 N–H and O–H groups in total. The van der Waals surface area contributed by atoms with Gasteiger partial charge in [0.15, 0.2) is 11.4 Å². The topological polar surface area (TPSA) is 36.4 Å². The van der Waals surface area contributed by atoms with Gasteiger partial charge >= 0.3 is 0 Å². The van der Waals surface area contributed by atoms with E-state index in [2.05, 4.69) is 37.7 Å². The molecule has 2 unspecified atom stereocenters. The SMILES string of the molecule is CCC(C)c1nc(N(C)CC2CCN(C)C2)sc1C=O. The zero-order chi connectivity index (χ0) is 14.7. The fourth-order valence-electron chi connectivity index (χ4n) is 2.77. The highest BCUT2D eigenvalue weighted by molar-refractivity contribution is 7.17. The van der Waals surface area contributed by atoms with Crippen LogP contribution in [0.15, 0.2) is 0 Å². The van der Waals surface area contributed by atoms with Crippen molar-refractivity contribution < 1.29 is 4.79 Å². The quantitative estimate of drug-likeness (QED) is 0.756. The van der Waals surface area contributed by atoms with Crippen molar-refractivity contribution in [2.24, 2.45) is 5.92 Å². The van der Waals surface area contributed by atoms with Crippen LogP contribution in [0, 0.1) is 5.92 Å². The van der Waals surface area contributed by atoms with E-state index in [9.17, 15) is 4.79 Å². The van der Waals surface area contributed by atoms with E-state index in [0.29, 0.717) is 11.8 Å². The number of thiazole rings is 1. The van der Waals surface area contributed by atoms with E-state index >= 15 is 0 Å². The summed E-state index contributed by atoms with van der Waals surface area (Å²) in [6.45, 7) is 7.65. The molecule has 1 aliphatic rings. The number of nitrogens with zero attached hydrogens (tertiary/aromatic N) is 3. The molecular formula is C15H25N3OS. The predicted molar refractivity (Wildman–Crippen MR) is 85.1 cm³/mol. The van der Waals surface area contributed by atoms with Crippen LogP contribution in [-0.4, -0.2) is 49.9 Å². The summed E-state index contributed by atoms with van der Waals surface area (Å²) in [6, 6.07) is 0. The Balaban J connectivity index is 2.07. The molecule has 20 heavy (non-hydrogen) atoms. The molecule has 2 atom stereocenters. The highest BCUT2D eigenvalue weighted by atomic mass is 32.1. The number of anilines is 1. The Morgan fingerprint density at radius 3 is 2.90 bits per heavy atom. The van der Waals surface area contributed by atoms with Crippen molar-refractivity contribution in [1.29, 1.82) is 0 Å². The van der Waals surface area contributed by atoms with Crippen LogP contribution in [0.4, 0.5) is 5.13 Å². The first-order valence-electron chi connectivity index (χ1n) is 7.40. The third-order valence-electron chi connectivity index (χ3n) is 4.20. The van der Waals surface area contributed by atoms with E-state index < -0.39 is 0 Å². The summed E-state index contributed by atoms with van der Waals surface area (Å²) in [4.78, 5) is 21.3. The normalized spacial score (nSPS) is 21.1. The van der Waals surface area contributed by atoms with Crippen LogP contribution in [0.2, 0.25) is 0 Å². The molecule has 5 heteroatoms. The Kier molecular flexibility index (Phi) is 5.16. The van der Waals surface area contributed by atoms with Gasteiger partial charge in [0, 0.05) is 20.1 Å². The van der Waals surface area contributed by atoms with Gasteiger partial charge in [0.05, 0.1) is 10.6 Å². The molecular weight excluding hydrogens is 270 g/mol. The van der Waals surface area contributed by atoms with E-state index in [4.69, 9.17) is 4.98 Å². The largest absolute Gasteiger partial charge is 0.351 e. The van der Waals surface area contributed by atoms with Gasteiger partial charge in [-0.1, -0.05) is 25.2 Å². The van der Waals surface area contributed by atoms with Gasteiger partial charge in [-0.2, -0.15) is 0 Å². The maximum absolute atomic E-state index is 11.2. The maximum Gasteiger partial charge on any atom is 0.185 e. The molecule has 1 fully saturated rings. The standard InChI is InChI=1S/C15H25N3OS/c1-5-11(2)14-13(10-19)20-15(16-14)18(4)9-12-6-7-17(3)8-12/h10-12H,5-9H2,1-4H3. The van der Waals surface area contributed by atoms with Gasteiger partial charge in [-0.25, -0.2) is 4.98 Å². The van der Waals surface area contributed by atoms with Gasteiger partial charge < -0.3 is 9.80 Å². The lowest BCUT2D eigenvalue weighted by Gasteiger charge is -2.20. The van der Waals surface area contributed by atoms with Crippen molar-refractivity contribution in [3.05, 3.63) is 10.6 Å². The molecule has 0 spiro atoms. The Bertz CT molecular complexity index is 460. The first-order chi connectivity index (χ1) is 9.55. The van der Waals surface area contributed by atoms with Gasteiger partial charge in [-0.05, 0) is 38.3 Å². The second-order valence-electron chi connectivity index (χ2n) is 5.97. The van der Waals surface area contributed by atoms with Crippen molar-refractivity contribution in [2.75, 3.05) is 38.6 Å². The molecule has 1 aliphatic heterocycles. The van der Waals surface area contributed by atoms with E-state index in [1.807, 2.05) is 0 Å². The molecule has 1 aromatic heterocycles. The maximum atomic E-state index is 11.2. The van der Waals surface area contributed by atoms with Crippen LogP contribution < -0.4 is 4.90 Å². The number of hydrogen-bond donors (Lipinski definition) is 0. The molecule has 0 aromatic carbocycles. The molecule has 1 aromatic rings. The summed E-state index contributed by atoms with van der Waals surface area (Å²) in [5.41, 5.74) is 0.970. The fraction of sp³-hybridized carbons (Fsp3) is 0.733. The second-order valence-corrected chi connectivity index (χ2v) is 6.98. The lowest BCUT2D eigenvalue weighted by molar-refractivity contribution is 0.112. The molecule has 0 bridgehead atoms. The minimum Gasteiger partial charge on any atom is -0.351 e. The number of rotatable bonds is 6. The first kappa shape index (κ1) is 15.4. The predicted octanol–water partition coefficient (Wildman–Crippen LogP) is 2.86. The van der Waals surface area contributed by atoms with Crippen molar-refractivity contribution in [1.82, 2.24) is 9.88 Å². The third kappa shape index (κ3) is 3.38. The molecule has 2 rings (SSSR count). The van der Waals surface area contributed by atoms with Crippen LogP contribution >= 0.6 is 11.3 Å². The Hall–Kier alpha value is -0.940. The van der Waals surface area contributed by atoms with Crippen LogP contribution in [0.5, 0.6) is 0 Å². The Morgan fingerprint density at radius 2 is 2.35 bits per heavy atom. The first-order valence-corrected chi connectivity index (χ1v) is 8.22. The monoisotopic (exact) mass is 295 g/mol. The van der Waals surface area contributed by atoms with E-state index in [1.54, 1.807) is 0 Å². The molecule has 0 saturated carbocycles. The van der Waals surface area contributed by atoms with E-state index in [-0.39, 0.29) is 0 Å². The summed E-state index contributed by atoms with van der Waals surface area (Å²) in [5, 5.41) is 0.983.